The molecule has 1 heterocycles. The molecule has 0 aliphatic carbocycles. The van der Waals surface area contributed by atoms with Crippen LogP contribution in [0, 0.1) is 0 Å². The number of alkyl halides is 3. The zero-order chi connectivity index (χ0) is 23.7. The summed E-state index contributed by atoms with van der Waals surface area (Å²) in [4.78, 5) is 48.0. The van der Waals surface area contributed by atoms with Crippen molar-refractivity contribution in [2.24, 2.45) is 0 Å². The minimum Gasteiger partial charge on any atom is -0.449 e. The van der Waals surface area contributed by atoms with E-state index in [1.807, 2.05) is 0 Å². The van der Waals surface area contributed by atoms with Crippen LogP contribution in [0.5, 0.6) is 0 Å². The van der Waals surface area contributed by atoms with E-state index in [4.69, 9.17) is 4.74 Å². The van der Waals surface area contributed by atoms with Crippen molar-refractivity contribution in [1.82, 2.24) is 10.6 Å². The molecule has 2 aromatic rings. The third kappa shape index (κ3) is 4.56. The van der Waals surface area contributed by atoms with Crippen LogP contribution in [-0.4, -0.2) is 29.9 Å². The fraction of sp³-hybridized carbons (Fsp3) is 0.238. The molecule has 168 valence electrons. The van der Waals surface area contributed by atoms with Crippen LogP contribution in [0.25, 0.3) is 0 Å². The first-order valence-corrected chi connectivity index (χ1v) is 9.34. The van der Waals surface area contributed by atoms with Gasteiger partial charge in [0.2, 0.25) is 0 Å². The second-order valence-corrected chi connectivity index (χ2v) is 7.19. The van der Waals surface area contributed by atoms with E-state index in [1.54, 1.807) is 0 Å². The lowest BCUT2D eigenvalue weighted by molar-refractivity contribution is -0.137. The smallest absolute Gasteiger partial charge is 0.418 e. The quantitative estimate of drug-likeness (QED) is 0.480. The molecular formula is C21H18F3N3O5. The van der Waals surface area contributed by atoms with Crippen molar-refractivity contribution in [2.45, 2.75) is 31.7 Å². The lowest BCUT2D eigenvalue weighted by Gasteiger charge is -2.21. The lowest BCUT2D eigenvalue weighted by atomic mass is 9.91. The summed E-state index contributed by atoms with van der Waals surface area (Å²) in [5.74, 6) is -2.39. The maximum Gasteiger partial charge on any atom is 0.418 e. The van der Waals surface area contributed by atoms with E-state index < -0.39 is 52.9 Å². The number of ether oxygens (including phenoxy) is 1. The summed E-state index contributed by atoms with van der Waals surface area (Å²) in [6.45, 7) is 2.71. The van der Waals surface area contributed by atoms with Crippen LogP contribution >= 0.6 is 0 Å². The summed E-state index contributed by atoms with van der Waals surface area (Å²) in [6, 6.07) is 9.33. The summed E-state index contributed by atoms with van der Waals surface area (Å²) < 4.78 is 44.2. The molecule has 0 saturated carbocycles. The van der Waals surface area contributed by atoms with Crippen molar-refractivity contribution < 1.29 is 37.1 Å². The van der Waals surface area contributed by atoms with Crippen LogP contribution in [0.1, 0.15) is 35.3 Å². The molecule has 3 N–H and O–H groups in total. The summed E-state index contributed by atoms with van der Waals surface area (Å²) in [6.07, 6.45) is -6.06. The van der Waals surface area contributed by atoms with Gasteiger partial charge in [-0.25, -0.2) is 9.59 Å². The Kier molecular flexibility index (Phi) is 5.93. The molecule has 11 heteroatoms. The monoisotopic (exact) mass is 449 g/mol. The molecule has 0 radical (unpaired) electrons. The largest absolute Gasteiger partial charge is 0.449 e. The number of amides is 4. The number of hydrogen-bond acceptors (Lipinski definition) is 5. The Morgan fingerprint density at radius 2 is 1.69 bits per heavy atom. The van der Waals surface area contributed by atoms with Gasteiger partial charge in [-0.2, -0.15) is 13.2 Å². The van der Waals surface area contributed by atoms with Crippen LogP contribution < -0.4 is 16.0 Å². The molecule has 0 aromatic heterocycles. The van der Waals surface area contributed by atoms with Crippen LogP contribution in [0.3, 0.4) is 0 Å². The minimum atomic E-state index is -4.67. The number of nitrogens with one attached hydrogen (secondary N) is 3. The van der Waals surface area contributed by atoms with Gasteiger partial charge in [0.1, 0.15) is 5.54 Å². The van der Waals surface area contributed by atoms with Crippen LogP contribution in [0.15, 0.2) is 48.5 Å². The zero-order valence-corrected chi connectivity index (χ0v) is 16.9. The maximum absolute atomic E-state index is 13.1. The minimum absolute atomic E-state index is 0.0393. The van der Waals surface area contributed by atoms with E-state index in [0.29, 0.717) is 5.56 Å². The van der Waals surface area contributed by atoms with Gasteiger partial charge < -0.3 is 15.4 Å². The van der Waals surface area contributed by atoms with Gasteiger partial charge in [0.15, 0.2) is 6.10 Å². The predicted molar refractivity (Wildman–Crippen MR) is 105 cm³/mol. The van der Waals surface area contributed by atoms with E-state index in [0.717, 1.165) is 12.1 Å². The van der Waals surface area contributed by atoms with Crippen molar-refractivity contribution in [3.05, 3.63) is 65.2 Å². The molecule has 2 atom stereocenters. The fourth-order valence-electron chi connectivity index (χ4n) is 3.04. The van der Waals surface area contributed by atoms with Crippen LogP contribution in [-0.2, 0) is 26.0 Å². The van der Waals surface area contributed by atoms with Gasteiger partial charge >= 0.3 is 18.2 Å². The average molecular weight is 449 g/mol. The average Bonchev–Trinajstić information content (AvgIpc) is 3.00. The second-order valence-electron chi connectivity index (χ2n) is 7.19. The lowest BCUT2D eigenvalue weighted by Crippen LogP contribution is -2.40. The standard InChI is InChI=1S/C21H18F3N3O5/c1-11(16(28)25-15-6-4-3-5-14(15)21(22,23)24)32-17(29)12-7-9-13(10-8-12)20(2)18(30)26-19(31)27-20/h3-11H,1-2H3,(H,25,28)(H2,26,27,30,31)/t11-,20+/m0/s1. The Balaban J connectivity index is 1.67. The molecule has 0 unspecified atom stereocenters. The molecule has 4 amide bonds. The molecule has 1 saturated heterocycles. The van der Waals surface area contributed by atoms with E-state index in [9.17, 15) is 32.3 Å². The number of carbonyl (C=O) groups is 4. The van der Waals surface area contributed by atoms with Gasteiger partial charge in [0.25, 0.3) is 11.8 Å². The highest BCUT2D eigenvalue weighted by Gasteiger charge is 2.43. The van der Waals surface area contributed by atoms with E-state index >= 15 is 0 Å². The van der Waals surface area contributed by atoms with Crippen molar-refractivity contribution in [3.8, 4) is 0 Å². The van der Waals surface area contributed by atoms with Gasteiger partial charge in [-0.1, -0.05) is 24.3 Å². The van der Waals surface area contributed by atoms with Gasteiger partial charge in [-0.05, 0) is 43.7 Å². The number of imide groups is 1. The maximum atomic E-state index is 13.1. The second kappa shape index (κ2) is 8.33. The number of rotatable bonds is 5. The molecule has 32 heavy (non-hydrogen) atoms. The summed E-state index contributed by atoms with van der Waals surface area (Å²) in [5.41, 5.74) is -2.34. The number of anilines is 1. The highest BCUT2D eigenvalue weighted by Crippen LogP contribution is 2.34. The van der Waals surface area contributed by atoms with Crippen LogP contribution in [0.2, 0.25) is 0 Å². The third-order valence-corrected chi connectivity index (χ3v) is 4.89. The number of carbonyl (C=O) groups excluding carboxylic acids is 4. The number of hydrogen-bond donors (Lipinski definition) is 3. The third-order valence-electron chi connectivity index (χ3n) is 4.89. The molecule has 3 rings (SSSR count). The number of halogens is 3. The zero-order valence-electron chi connectivity index (χ0n) is 16.9. The predicted octanol–water partition coefficient (Wildman–Crippen LogP) is 2.94. The van der Waals surface area contributed by atoms with Crippen molar-refractivity contribution >= 4 is 29.5 Å². The summed E-state index contributed by atoms with van der Waals surface area (Å²) in [5, 5.41) is 6.71. The van der Waals surface area contributed by atoms with Crippen molar-refractivity contribution in [3.63, 3.8) is 0 Å². The molecular weight excluding hydrogens is 431 g/mol. The van der Waals surface area contributed by atoms with Gasteiger partial charge in [0.05, 0.1) is 16.8 Å². The molecule has 0 bridgehead atoms. The van der Waals surface area contributed by atoms with E-state index in [2.05, 4.69) is 16.0 Å². The topological polar surface area (TPSA) is 114 Å². The van der Waals surface area contributed by atoms with Gasteiger partial charge in [-0.15, -0.1) is 0 Å². The Bertz CT molecular complexity index is 1080. The summed E-state index contributed by atoms with van der Waals surface area (Å²) in [7, 11) is 0. The van der Waals surface area contributed by atoms with E-state index in [1.165, 1.54) is 50.2 Å². The van der Waals surface area contributed by atoms with Gasteiger partial charge in [-0.3, -0.25) is 14.9 Å². The normalized spacial score (nSPS) is 19.0. The first-order chi connectivity index (χ1) is 14.9. The molecule has 0 spiro atoms. The molecule has 8 nitrogen and oxygen atoms in total. The Morgan fingerprint density at radius 1 is 1.06 bits per heavy atom. The van der Waals surface area contributed by atoms with Gasteiger partial charge in [0, 0.05) is 0 Å². The number of para-hydroxylation sites is 1. The number of urea groups is 1. The fourth-order valence-corrected chi connectivity index (χ4v) is 3.04. The van der Waals surface area contributed by atoms with Crippen molar-refractivity contribution in [1.29, 1.82) is 0 Å². The summed E-state index contributed by atoms with van der Waals surface area (Å²) >= 11 is 0. The van der Waals surface area contributed by atoms with Crippen LogP contribution in [0.4, 0.5) is 23.7 Å². The Morgan fingerprint density at radius 3 is 2.25 bits per heavy atom. The molecule has 1 aliphatic heterocycles. The van der Waals surface area contributed by atoms with Crippen molar-refractivity contribution in [2.75, 3.05) is 5.32 Å². The molecule has 1 aliphatic rings. The number of esters is 1. The first kappa shape index (κ1) is 22.8. The molecule has 1 fully saturated rings. The molecule has 2 aromatic carbocycles. The first-order valence-electron chi connectivity index (χ1n) is 9.34. The Hall–Kier alpha value is -3.89. The highest BCUT2D eigenvalue weighted by molar-refractivity contribution is 6.07. The SMILES string of the molecule is C[C@H](OC(=O)c1ccc([C@@]2(C)NC(=O)NC2=O)cc1)C(=O)Nc1ccccc1C(F)(F)F. The Labute approximate surface area is 180 Å². The van der Waals surface area contributed by atoms with E-state index in [-0.39, 0.29) is 5.56 Å². The number of benzene rings is 2. The highest BCUT2D eigenvalue weighted by atomic mass is 19.4.